The number of amides is 1. The van der Waals surface area contributed by atoms with Gasteiger partial charge in [-0.1, -0.05) is 31.5 Å². The lowest BCUT2D eigenvalue weighted by atomic mass is 10.3. The van der Waals surface area contributed by atoms with Crippen LogP contribution < -0.4 is 5.32 Å². The molecule has 1 aromatic heterocycles. The van der Waals surface area contributed by atoms with E-state index < -0.39 is 9.84 Å². The molecule has 6 heteroatoms. The van der Waals surface area contributed by atoms with Crippen LogP contribution in [-0.2, 0) is 15.6 Å². The van der Waals surface area contributed by atoms with Crippen LogP contribution in [0.5, 0.6) is 0 Å². The van der Waals surface area contributed by atoms with Crippen molar-refractivity contribution >= 4 is 15.7 Å². The molecule has 0 unspecified atom stereocenters. The quantitative estimate of drug-likeness (QED) is 0.796. The summed E-state index contributed by atoms with van der Waals surface area (Å²) in [7, 11) is -3.47. The number of hydrogen-bond donors (Lipinski definition) is 1. The normalized spacial score (nSPS) is 11.3. The van der Waals surface area contributed by atoms with E-state index in [-0.39, 0.29) is 28.1 Å². The van der Waals surface area contributed by atoms with Crippen LogP contribution in [0.4, 0.5) is 0 Å². The molecule has 0 saturated heterocycles. The van der Waals surface area contributed by atoms with E-state index in [0.717, 1.165) is 12.8 Å². The molecule has 0 aliphatic carbocycles. The van der Waals surface area contributed by atoms with Gasteiger partial charge in [0.15, 0.2) is 15.6 Å². The van der Waals surface area contributed by atoms with Gasteiger partial charge in [0.1, 0.15) is 11.5 Å². The number of rotatable bonds is 7. The highest BCUT2D eigenvalue weighted by Gasteiger charge is 2.18. The molecule has 22 heavy (non-hydrogen) atoms. The summed E-state index contributed by atoms with van der Waals surface area (Å²) in [4.78, 5) is 12.1. The molecule has 0 fully saturated rings. The summed E-state index contributed by atoms with van der Waals surface area (Å²) >= 11 is 0. The maximum absolute atomic E-state index is 12.2. The van der Waals surface area contributed by atoms with E-state index in [4.69, 9.17) is 4.42 Å². The molecule has 2 aromatic rings. The highest BCUT2D eigenvalue weighted by Crippen LogP contribution is 2.18. The van der Waals surface area contributed by atoms with Crippen LogP contribution in [0.15, 0.2) is 51.8 Å². The number of hydrogen-bond acceptors (Lipinski definition) is 4. The molecule has 2 rings (SSSR count). The summed E-state index contributed by atoms with van der Waals surface area (Å²) in [5, 5.41) is 2.73. The molecule has 0 spiro atoms. The first-order valence-electron chi connectivity index (χ1n) is 7.17. The Labute approximate surface area is 130 Å². The fraction of sp³-hybridized carbons (Fsp3) is 0.312. The average Bonchev–Trinajstić information content (AvgIpc) is 2.96. The van der Waals surface area contributed by atoms with Crippen molar-refractivity contribution in [2.24, 2.45) is 0 Å². The monoisotopic (exact) mass is 321 g/mol. The van der Waals surface area contributed by atoms with Gasteiger partial charge in [-0.25, -0.2) is 8.42 Å². The van der Waals surface area contributed by atoms with E-state index in [1.165, 1.54) is 24.3 Å². The molecular formula is C16H19NO4S. The summed E-state index contributed by atoms with van der Waals surface area (Å²) in [5.41, 5.74) is 0. The number of nitrogens with one attached hydrogen (secondary N) is 1. The number of benzene rings is 1. The third kappa shape index (κ3) is 4.21. The number of sulfone groups is 1. The Morgan fingerprint density at radius 3 is 2.55 bits per heavy atom. The minimum atomic E-state index is -3.47. The molecule has 1 heterocycles. The van der Waals surface area contributed by atoms with Crippen LogP contribution in [-0.4, -0.2) is 20.9 Å². The maximum atomic E-state index is 12.2. The highest BCUT2D eigenvalue weighted by molar-refractivity contribution is 7.90. The molecule has 0 bridgehead atoms. The zero-order valence-electron chi connectivity index (χ0n) is 12.4. The van der Waals surface area contributed by atoms with E-state index in [9.17, 15) is 13.2 Å². The lowest BCUT2D eigenvalue weighted by molar-refractivity contribution is 0.0924. The van der Waals surface area contributed by atoms with Crippen LogP contribution in [0.1, 0.15) is 36.1 Å². The van der Waals surface area contributed by atoms with Crippen molar-refractivity contribution in [2.75, 3.05) is 6.54 Å². The minimum Gasteiger partial charge on any atom is -0.455 e. The summed E-state index contributed by atoms with van der Waals surface area (Å²) in [6, 6.07) is 11.2. The van der Waals surface area contributed by atoms with E-state index >= 15 is 0 Å². The van der Waals surface area contributed by atoms with Crippen LogP contribution >= 0.6 is 0 Å². The lowest BCUT2D eigenvalue weighted by Gasteiger charge is -2.03. The van der Waals surface area contributed by atoms with Crippen LogP contribution in [0.3, 0.4) is 0 Å². The van der Waals surface area contributed by atoms with E-state index in [0.29, 0.717) is 6.54 Å². The van der Waals surface area contributed by atoms with Gasteiger partial charge in [0.2, 0.25) is 0 Å². The highest BCUT2D eigenvalue weighted by atomic mass is 32.2. The van der Waals surface area contributed by atoms with Gasteiger partial charge in [-0.15, -0.1) is 0 Å². The predicted molar refractivity (Wildman–Crippen MR) is 83.3 cm³/mol. The Morgan fingerprint density at radius 2 is 1.86 bits per heavy atom. The summed E-state index contributed by atoms with van der Waals surface area (Å²) in [6.07, 6.45) is 1.88. The Balaban J connectivity index is 2.04. The molecule has 1 N–H and O–H groups in total. The minimum absolute atomic E-state index is 0.134. The molecule has 0 aliphatic rings. The van der Waals surface area contributed by atoms with Crippen LogP contribution in [0, 0.1) is 0 Å². The maximum Gasteiger partial charge on any atom is 0.286 e. The van der Waals surface area contributed by atoms with Gasteiger partial charge in [-0.3, -0.25) is 4.79 Å². The zero-order chi connectivity index (χ0) is 16.0. The van der Waals surface area contributed by atoms with Gasteiger partial charge < -0.3 is 9.73 Å². The number of furan rings is 1. The lowest BCUT2D eigenvalue weighted by Crippen LogP contribution is -2.23. The molecule has 118 valence electrons. The summed E-state index contributed by atoms with van der Waals surface area (Å²) in [6.45, 7) is 2.61. The second kappa shape index (κ2) is 7.26. The fourth-order valence-corrected chi connectivity index (χ4v) is 3.21. The van der Waals surface area contributed by atoms with E-state index in [1.807, 2.05) is 6.92 Å². The second-order valence-electron chi connectivity index (χ2n) is 4.95. The SMILES string of the molecule is CCCCNC(=O)c1ccc(CS(=O)(=O)c2ccccc2)o1. The van der Waals surface area contributed by atoms with Gasteiger partial charge >= 0.3 is 0 Å². The molecule has 1 aromatic carbocycles. The smallest absolute Gasteiger partial charge is 0.286 e. The Kier molecular flexibility index (Phi) is 5.38. The van der Waals surface area contributed by atoms with Crippen LogP contribution in [0.25, 0.3) is 0 Å². The molecule has 1 amide bonds. The third-order valence-corrected chi connectivity index (χ3v) is 4.79. The van der Waals surface area contributed by atoms with Crippen molar-refractivity contribution in [2.45, 2.75) is 30.4 Å². The first-order chi connectivity index (χ1) is 10.5. The van der Waals surface area contributed by atoms with Gasteiger partial charge in [-0.05, 0) is 30.7 Å². The molecular weight excluding hydrogens is 302 g/mol. The molecule has 0 saturated carbocycles. The van der Waals surface area contributed by atoms with Crippen molar-refractivity contribution < 1.29 is 17.6 Å². The first-order valence-corrected chi connectivity index (χ1v) is 8.83. The molecule has 0 atom stereocenters. The van der Waals surface area contributed by atoms with E-state index in [2.05, 4.69) is 5.32 Å². The topological polar surface area (TPSA) is 76.4 Å². The van der Waals surface area contributed by atoms with Gasteiger partial charge in [-0.2, -0.15) is 0 Å². The number of unbranched alkanes of at least 4 members (excludes halogenated alkanes) is 1. The predicted octanol–water partition coefficient (Wildman–Crippen LogP) is 2.78. The zero-order valence-corrected chi connectivity index (χ0v) is 13.2. The van der Waals surface area contributed by atoms with Crippen molar-refractivity contribution in [3.8, 4) is 0 Å². The van der Waals surface area contributed by atoms with Crippen molar-refractivity contribution in [1.29, 1.82) is 0 Å². The molecule has 5 nitrogen and oxygen atoms in total. The standard InChI is InChI=1S/C16H19NO4S/c1-2-3-11-17-16(18)15-10-9-13(21-15)12-22(19,20)14-7-5-4-6-8-14/h4-10H,2-3,11-12H2,1H3,(H,17,18). The van der Waals surface area contributed by atoms with E-state index in [1.54, 1.807) is 18.2 Å². The fourth-order valence-electron chi connectivity index (χ4n) is 1.94. The van der Waals surface area contributed by atoms with Gasteiger partial charge in [0.05, 0.1) is 4.90 Å². The number of carbonyl (C=O) groups excluding carboxylic acids is 1. The Bertz CT molecular complexity index is 720. The molecule has 0 radical (unpaired) electrons. The van der Waals surface area contributed by atoms with Crippen LogP contribution in [0.2, 0.25) is 0 Å². The average molecular weight is 321 g/mol. The van der Waals surface area contributed by atoms with Gasteiger partial charge in [0, 0.05) is 6.54 Å². The Morgan fingerprint density at radius 1 is 1.14 bits per heavy atom. The summed E-state index contributed by atoms with van der Waals surface area (Å²) < 4.78 is 29.8. The van der Waals surface area contributed by atoms with Gasteiger partial charge in [0.25, 0.3) is 5.91 Å². The second-order valence-corrected chi connectivity index (χ2v) is 6.94. The van der Waals surface area contributed by atoms with Crippen molar-refractivity contribution in [3.05, 3.63) is 54.0 Å². The van der Waals surface area contributed by atoms with Crippen molar-refractivity contribution in [1.82, 2.24) is 5.32 Å². The largest absolute Gasteiger partial charge is 0.455 e. The number of carbonyl (C=O) groups is 1. The third-order valence-electron chi connectivity index (χ3n) is 3.14. The molecule has 0 aliphatic heterocycles. The first kappa shape index (κ1) is 16.3. The van der Waals surface area contributed by atoms with Crippen molar-refractivity contribution in [3.63, 3.8) is 0 Å². The Hall–Kier alpha value is -2.08. The summed E-state index contributed by atoms with van der Waals surface area (Å²) in [5.74, 6) is -0.199.